The minimum Gasteiger partial charge on any atom is -0.444 e. The maximum atomic E-state index is 14.0. The maximum absolute atomic E-state index is 14.0. The number of hydrogen-bond acceptors (Lipinski definition) is 6. The molecule has 1 aliphatic heterocycles. The third kappa shape index (κ3) is 7.00. The van der Waals surface area contributed by atoms with Crippen molar-refractivity contribution in [2.24, 2.45) is 5.92 Å². The van der Waals surface area contributed by atoms with Crippen LogP contribution in [0.5, 0.6) is 0 Å². The number of likely N-dealkylation sites (tertiary alicyclic amines) is 1. The van der Waals surface area contributed by atoms with E-state index in [-0.39, 0.29) is 18.6 Å². The number of halogens is 1. The highest BCUT2D eigenvalue weighted by atomic mass is 35.5. The number of nitrogens with one attached hydrogen (secondary N) is 1. The van der Waals surface area contributed by atoms with Crippen LogP contribution < -0.4 is 5.32 Å². The molecule has 1 N–H and O–H groups in total. The first kappa shape index (κ1) is 26.9. The maximum Gasteiger partial charge on any atom is 0.408 e. The lowest BCUT2D eigenvalue weighted by molar-refractivity contribution is -0.131. The lowest BCUT2D eigenvalue weighted by atomic mass is 10.1. The average molecular weight is 531 g/mol. The Balaban J connectivity index is 1.66. The number of rotatable bonds is 7. The van der Waals surface area contributed by atoms with E-state index in [1.807, 2.05) is 6.92 Å². The molecule has 4 rings (SSSR count). The molecule has 1 saturated heterocycles. The van der Waals surface area contributed by atoms with Gasteiger partial charge in [0.15, 0.2) is 0 Å². The van der Waals surface area contributed by atoms with Gasteiger partial charge in [-0.3, -0.25) is 9.69 Å². The van der Waals surface area contributed by atoms with Gasteiger partial charge in [-0.25, -0.2) is 19.3 Å². The van der Waals surface area contributed by atoms with E-state index in [0.29, 0.717) is 35.2 Å². The van der Waals surface area contributed by atoms with E-state index in [0.717, 1.165) is 25.7 Å². The normalized spacial score (nSPS) is 18.4. The van der Waals surface area contributed by atoms with E-state index >= 15 is 0 Å². The highest BCUT2D eigenvalue weighted by Gasteiger charge is 2.39. The Morgan fingerprint density at radius 2 is 2.00 bits per heavy atom. The number of nitrogens with zero attached hydrogens (tertiary/aromatic N) is 5. The summed E-state index contributed by atoms with van der Waals surface area (Å²) in [7, 11) is 0. The van der Waals surface area contributed by atoms with Crippen LogP contribution >= 0.6 is 11.6 Å². The molecule has 2 fully saturated rings. The average Bonchev–Trinajstić information content (AvgIpc) is 3.26. The number of ether oxygens (including phenoxy) is 1. The van der Waals surface area contributed by atoms with Gasteiger partial charge in [-0.2, -0.15) is 5.10 Å². The van der Waals surface area contributed by atoms with Crippen LogP contribution in [0.15, 0.2) is 30.9 Å². The molecule has 1 saturated carbocycles. The van der Waals surface area contributed by atoms with Gasteiger partial charge in [0.1, 0.15) is 24.3 Å². The predicted octanol–water partition coefficient (Wildman–Crippen LogP) is 4.55. The van der Waals surface area contributed by atoms with Crippen LogP contribution in [-0.2, 0) is 16.1 Å². The zero-order valence-electron chi connectivity index (χ0n) is 21.8. The minimum atomic E-state index is -0.891. The summed E-state index contributed by atoms with van der Waals surface area (Å²) in [6, 6.07) is 3.95. The van der Waals surface area contributed by atoms with E-state index in [1.54, 1.807) is 54.9 Å². The largest absolute Gasteiger partial charge is 0.444 e. The molecule has 10 nitrogen and oxygen atoms in total. The van der Waals surface area contributed by atoms with Gasteiger partial charge in [0.2, 0.25) is 0 Å². The fourth-order valence-electron chi connectivity index (χ4n) is 4.57. The molecule has 0 unspecified atom stereocenters. The number of benzene rings is 1. The first-order valence-corrected chi connectivity index (χ1v) is 13.1. The number of carbonyl (C=O) groups is 3. The summed E-state index contributed by atoms with van der Waals surface area (Å²) >= 11 is 6.32. The second kappa shape index (κ2) is 11.1. The van der Waals surface area contributed by atoms with Crippen molar-refractivity contribution in [1.29, 1.82) is 0 Å². The van der Waals surface area contributed by atoms with Crippen molar-refractivity contribution in [2.75, 3.05) is 6.54 Å². The molecule has 2 heterocycles. The molecular weight excluding hydrogens is 496 g/mol. The Bertz CT molecular complexity index is 1130. The molecule has 2 aliphatic rings. The van der Waals surface area contributed by atoms with E-state index in [1.165, 1.54) is 11.2 Å². The fraction of sp³-hybridized carbons (Fsp3) is 0.577. The monoisotopic (exact) mass is 530 g/mol. The molecule has 4 amide bonds. The van der Waals surface area contributed by atoms with Crippen molar-refractivity contribution >= 4 is 29.6 Å². The third-order valence-corrected chi connectivity index (χ3v) is 6.82. The zero-order chi connectivity index (χ0) is 26.7. The van der Waals surface area contributed by atoms with Crippen LogP contribution in [0.3, 0.4) is 0 Å². The summed E-state index contributed by atoms with van der Waals surface area (Å²) in [6.07, 6.45) is 6.44. The first-order chi connectivity index (χ1) is 17.5. The lowest BCUT2D eigenvalue weighted by Crippen LogP contribution is -2.54. The van der Waals surface area contributed by atoms with Crippen LogP contribution in [0.1, 0.15) is 65.4 Å². The summed E-state index contributed by atoms with van der Waals surface area (Å²) in [4.78, 5) is 47.5. The van der Waals surface area contributed by atoms with Crippen molar-refractivity contribution in [2.45, 2.75) is 84.0 Å². The Morgan fingerprint density at radius 3 is 2.59 bits per heavy atom. The van der Waals surface area contributed by atoms with Crippen molar-refractivity contribution < 1.29 is 19.1 Å². The van der Waals surface area contributed by atoms with E-state index < -0.39 is 23.6 Å². The van der Waals surface area contributed by atoms with E-state index in [9.17, 15) is 14.4 Å². The van der Waals surface area contributed by atoms with E-state index in [2.05, 4.69) is 15.4 Å². The molecule has 0 spiro atoms. The van der Waals surface area contributed by atoms with Crippen molar-refractivity contribution in [3.8, 4) is 5.69 Å². The standard InChI is InChI=1S/C26H35ClN6O4/c1-17-6-5-11-31(17)25(36)32(14-19-13-20(27)9-10-22(19)33-16-28-15-29-33)23(34)21(12-18-7-8-18)30-24(35)37-26(2,3)4/h9-10,13,15-18,21H,5-8,11-12,14H2,1-4H3,(H,30,35)/t17-,21-/m1/s1. The molecule has 1 aromatic carbocycles. The van der Waals surface area contributed by atoms with Gasteiger partial charge < -0.3 is 15.0 Å². The topological polar surface area (TPSA) is 110 Å². The summed E-state index contributed by atoms with van der Waals surface area (Å²) in [6.45, 7) is 7.81. The number of aromatic nitrogens is 3. The number of alkyl carbamates (subject to hydrolysis) is 1. The second-order valence-corrected chi connectivity index (χ2v) is 11.3. The summed E-state index contributed by atoms with van der Waals surface area (Å²) in [5.41, 5.74) is 0.570. The number of amides is 4. The summed E-state index contributed by atoms with van der Waals surface area (Å²) in [5, 5.41) is 7.42. The fourth-order valence-corrected chi connectivity index (χ4v) is 4.76. The van der Waals surface area contributed by atoms with Crippen LogP contribution in [-0.4, -0.2) is 66.8 Å². The van der Waals surface area contributed by atoms with Gasteiger partial charge in [0.05, 0.1) is 12.2 Å². The molecule has 11 heteroatoms. The van der Waals surface area contributed by atoms with Gasteiger partial charge in [-0.15, -0.1) is 0 Å². The number of hydrogen-bond donors (Lipinski definition) is 1. The van der Waals surface area contributed by atoms with Crippen LogP contribution in [0.2, 0.25) is 5.02 Å². The quantitative estimate of drug-likeness (QED) is 0.562. The van der Waals surface area contributed by atoms with Gasteiger partial charge in [0, 0.05) is 17.6 Å². The minimum absolute atomic E-state index is 0.0117. The lowest BCUT2D eigenvalue weighted by Gasteiger charge is -2.32. The number of urea groups is 1. The Labute approximate surface area is 222 Å². The van der Waals surface area contributed by atoms with Crippen molar-refractivity contribution in [3.63, 3.8) is 0 Å². The molecule has 1 aliphatic carbocycles. The summed E-state index contributed by atoms with van der Waals surface area (Å²) < 4.78 is 6.99. The first-order valence-electron chi connectivity index (χ1n) is 12.8. The van der Waals surface area contributed by atoms with Crippen LogP contribution in [0.25, 0.3) is 5.69 Å². The molecule has 200 valence electrons. The van der Waals surface area contributed by atoms with Crippen LogP contribution in [0.4, 0.5) is 9.59 Å². The Kier molecular flexibility index (Phi) is 8.06. The van der Waals surface area contributed by atoms with Gasteiger partial charge in [0.25, 0.3) is 5.91 Å². The molecule has 2 aromatic rings. The van der Waals surface area contributed by atoms with Crippen LogP contribution in [0, 0.1) is 5.92 Å². The van der Waals surface area contributed by atoms with Gasteiger partial charge in [-0.05, 0) is 76.6 Å². The summed E-state index contributed by atoms with van der Waals surface area (Å²) in [5.74, 6) is -0.144. The number of carbonyl (C=O) groups excluding carboxylic acids is 3. The predicted molar refractivity (Wildman–Crippen MR) is 138 cm³/mol. The second-order valence-electron chi connectivity index (χ2n) is 10.9. The Hall–Kier alpha value is -3.14. The highest BCUT2D eigenvalue weighted by Crippen LogP contribution is 2.34. The number of imide groups is 1. The molecular formula is C26H35ClN6O4. The Morgan fingerprint density at radius 1 is 1.24 bits per heavy atom. The molecule has 0 bridgehead atoms. The smallest absolute Gasteiger partial charge is 0.408 e. The molecule has 37 heavy (non-hydrogen) atoms. The molecule has 0 radical (unpaired) electrons. The SMILES string of the molecule is C[C@@H]1CCCN1C(=O)N(Cc1cc(Cl)ccc1-n1cncn1)C(=O)[C@@H](CC1CC1)NC(=O)OC(C)(C)C. The van der Waals surface area contributed by atoms with E-state index in [4.69, 9.17) is 16.3 Å². The van der Waals surface area contributed by atoms with Crippen molar-refractivity contribution in [3.05, 3.63) is 41.4 Å². The zero-order valence-corrected chi connectivity index (χ0v) is 22.6. The third-order valence-electron chi connectivity index (χ3n) is 6.59. The van der Waals surface area contributed by atoms with Gasteiger partial charge >= 0.3 is 12.1 Å². The van der Waals surface area contributed by atoms with Crippen molar-refractivity contribution in [1.82, 2.24) is 29.9 Å². The molecule has 2 atom stereocenters. The molecule has 1 aromatic heterocycles. The van der Waals surface area contributed by atoms with Gasteiger partial charge in [-0.1, -0.05) is 24.4 Å². The highest BCUT2D eigenvalue weighted by molar-refractivity contribution is 6.30.